The highest BCUT2D eigenvalue weighted by Gasteiger charge is 2.54. The minimum Gasteiger partial charge on any atom is -0.461 e. The smallest absolute Gasteiger partial charge is 0.305 e. The molecule has 2 aromatic heterocycles. The molecule has 3 heterocycles. The summed E-state index contributed by atoms with van der Waals surface area (Å²) in [7, 11) is 0. The number of H-pyrrole nitrogens is 1. The number of hydrogen-bond donors (Lipinski definition) is 6. The van der Waals surface area contributed by atoms with E-state index in [0.717, 1.165) is 32.1 Å². The second-order valence-corrected chi connectivity index (χ2v) is 13.6. The van der Waals surface area contributed by atoms with Crippen LogP contribution in [-0.2, 0) is 25.8 Å². The van der Waals surface area contributed by atoms with Crippen LogP contribution in [0.2, 0.25) is 0 Å². The number of nitrogens with two attached hydrogens (primary N) is 1. The number of hydrogen-bond acceptors (Lipinski definition) is 11. The fourth-order valence-corrected chi connectivity index (χ4v) is 6.60. The van der Waals surface area contributed by atoms with E-state index in [-0.39, 0.29) is 35.8 Å². The fraction of sp³-hybridized carbons (Fsp3) is 0.500. The topological polar surface area (TPSA) is 199 Å². The highest BCUT2D eigenvalue weighted by atomic mass is 32.5. The first-order chi connectivity index (χ1) is 19.9. The van der Waals surface area contributed by atoms with Crippen LogP contribution in [0.5, 0.6) is 5.75 Å². The van der Waals surface area contributed by atoms with Crippen molar-refractivity contribution in [3.63, 3.8) is 0 Å². The van der Waals surface area contributed by atoms with Crippen LogP contribution in [0.1, 0.15) is 52.2 Å². The molecule has 14 nitrogen and oxygen atoms in total. The number of ether oxygens (including phenoxy) is 3. The van der Waals surface area contributed by atoms with Gasteiger partial charge >= 0.3 is 5.95 Å². The third-order valence-electron chi connectivity index (χ3n) is 7.27. The van der Waals surface area contributed by atoms with E-state index < -0.39 is 36.2 Å². The van der Waals surface area contributed by atoms with Gasteiger partial charge in [0.1, 0.15) is 29.7 Å². The van der Waals surface area contributed by atoms with Crippen LogP contribution in [-0.4, -0.2) is 65.1 Å². The van der Waals surface area contributed by atoms with Crippen molar-refractivity contribution >= 4 is 35.6 Å². The Hall–Kier alpha value is -3.04. The summed E-state index contributed by atoms with van der Waals surface area (Å²) in [5, 5.41) is 24.9. The summed E-state index contributed by atoms with van der Waals surface area (Å²) < 4.78 is 25.1. The van der Waals surface area contributed by atoms with E-state index in [1.54, 1.807) is 19.1 Å². The molecule has 5 rings (SSSR count). The van der Waals surface area contributed by atoms with Crippen molar-refractivity contribution in [2.75, 3.05) is 12.3 Å². The Morgan fingerprint density at radius 1 is 1.31 bits per heavy atom. The first-order valence-corrected chi connectivity index (χ1v) is 16.3. The molecule has 1 saturated heterocycles. The van der Waals surface area contributed by atoms with E-state index in [1.807, 2.05) is 18.2 Å². The van der Waals surface area contributed by atoms with Gasteiger partial charge in [-0.2, -0.15) is 4.98 Å². The predicted octanol–water partition coefficient (Wildman–Crippen LogP) is 2.15. The Morgan fingerprint density at radius 3 is 2.74 bits per heavy atom. The molecule has 228 valence electrons. The largest absolute Gasteiger partial charge is 0.461 e. The van der Waals surface area contributed by atoms with E-state index in [4.69, 9.17) is 36.3 Å². The van der Waals surface area contributed by atoms with Crippen molar-refractivity contribution < 1.29 is 33.8 Å². The fourth-order valence-electron chi connectivity index (χ4n) is 5.08. The SMILES string of the molecule is CC(N[P@@](O)(=S)OC[C@H]1O[C@@H](n2cnc3c(=O)[nH]c(N)nc32)[C@](C)(O)[C@@H]1O)=C(Oc1ccccc1)OC1CCCCC1. The van der Waals surface area contributed by atoms with Crippen molar-refractivity contribution in [1.29, 1.82) is 0 Å². The van der Waals surface area contributed by atoms with Crippen molar-refractivity contribution in [2.24, 2.45) is 0 Å². The summed E-state index contributed by atoms with van der Waals surface area (Å²) in [6.07, 6.45) is 2.49. The standard InChI is InChI=1S/C26H35N6O8PS/c1-15(23(38-16-9-5-3-6-10-16)39-17-11-7-4-8-12-17)31-41(36,42)37-13-18-20(33)26(2,35)24(40-18)32-14-28-19-21(32)29-25(27)30-22(19)34/h3,5-6,9-10,14,17-18,20,24,33,35H,4,7-8,11-13H2,1-2H3,(H2,31,36,42)(H3,27,29,30,34)/t18-,20-,24-,26-,41+/m1/s1. The van der Waals surface area contributed by atoms with Crippen LogP contribution in [0.3, 0.4) is 0 Å². The average Bonchev–Trinajstić information content (AvgIpc) is 3.46. The number of fused-ring (bicyclic) bond motifs is 1. The zero-order valence-corrected chi connectivity index (χ0v) is 24.9. The van der Waals surface area contributed by atoms with E-state index in [1.165, 1.54) is 17.8 Å². The van der Waals surface area contributed by atoms with Crippen LogP contribution in [0.4, 0.5) is 5.95 Å². The molecule has 0 unspecified atom stereocenters. The van der Waals surface area contributed by atoms with Gasteiger partial charge < -0.3 is 44.7 Å². The zero-order valence-electron chi connectivity index (χ0n) is 23.2. The number of nitrogens with one attached hydrogen (secondary N) is 2. The first-order valence-electron chi connectivity index (χ1n) is 13.6. The first kappa shape index (κ1) is 30.4. The second-order valence-electron chi connectivity index (χ2n) is 10.6. The van der Waals surface area contributed by atoms with Crippen LogP contribution in [0, 0.1) is 0 Å². The van der Waals surface area contributed by atoms with Gasteiger partial charge in [-0.25, -0.2) is 4.98 Å². The average molecular weight is 623 g/mol. The van der Waals surface area contributed by atoms with Crippen molar-refractivity contribution in [1.82, 2.24) is 24.6 Å². The van der Waals surface area contributed by atoms with E-state index >= 15 is 0 Å². The number of aliphatic hydroxyl groups is 2. The number of nitrogens with zero attached hydrogens (tertiary/aromatic N) is 3. The Bertz CT molecular complexity index is 1540. The summed E-state index contributed by atoms with van der Waals surface area (Å²) in [4.78, 5) is 33.7. The third kappa shape index (κ3) is 6.62. The van der Waals surface area contributed by atoms with Gasteiger partial charge in [0.15, 0.2) is 17.4 Å². The molecule has 1 aromatic carbocycles. The molecule has 0 amide bonds. The molecule has 3 aromatic rings. The number of aliphatic hydroxyl groups excluding tert-OH is 1. The lowest BCUT2D eigenvalue weighted by molar-refractivity contribution is -0.0947. The minimum absolute atomic E-state index is 0.0147. The molecular weight excluding hydrogens is 587 g/mol. The molecule has 16 heteroatoms. The second kappa shape index (κ2) is 12.3. The molecular formula is C26H35N6O8PS. The third-order valence-corrected chi connectivity index (χ3v) is 8.97. The van der Waals surface area contributed by atoms with Crippen molar-refractivity contribution in [3.05, 3.63) is 58.7 Å². The zero-order chi connectivity index (χ0) is 30.1. The monoisotopic (exact) mass is 622 g/mol. The number of aromatic amines is 1. The summed E-state index contributed by atoms with van der Waals surface area (Å²) in [5.74, 6) is 0.581. The van der Waals surface area contributed by atoms with Gasteiger partial charge in [0.25, 0.3) is 12.2 Å². The van der Waals surface area contributed by atoms with Gasteiger partial charge in [0.05, 0.1) is 18.6 Å². The summed E-state index contributed by atoms with van der Waals surface area (Å²) in [5.41, 5.74) is 3.65. The maximum absolute atomic E-state index is 12.2. The number of imidazole rings is 1. The van der Waals surface area contributed by atoms with E-state index in [9.17, 15) is 19.9 Å². The predicted molar refractivity (Wildman–Crippen MR) is 156 cm³/mol. The molecule has 0 radical (unpaired) electrons. The Balaban J connectivity index is 1.30. The number of nitrogen functional groups attached to an aromatic ring is 1. The quantitative estimate of drug-likeness (QED) is 0.142. The molecule has 1 aliphatic carbocycles. The Kier molecular flexibility index (Phi) is 8.90. The normalized spacial score (nSPS) is 26.9. The number of benzene rings is 1. The van der Waals surface area contributed by atoms with Gasteiger partial charge in [-0.1, -0.05) is 24.6 Å². The van der Waals surface area contributed by atoms with E-state index in [2.05, 4.69) is 20.0 Å². The summed E-state index contributed by atoms with van der Waals surface area (Å²) in [6.45, 7) is -1.06. The number of anilines is 1. The summed E-state index contributed by atoms with van der Waals surface area (Å²) >= 11 is 5.35. The lowest BCUT2D eigenvalue weighted by atomic mass is 9.96. The van der Waals surface area contributed by atoms with Gasteiger partial charge in [-0.15, -0.1) is 0 Å². The number of allylic oxidation sites excluding steroid dienone is 1. The maximum atomic E-state index is 12.2. The number of aromatic nitrogens is 4. The lowest BCUT2D eigenvalue weighted by Crippen LogP contribution is -2.44. The van der Waals surface area contributed by atoms with Gasteiger partial charge in [0.2, 0.25) is 5.95 Å². The van der Waals surface area contributed by atoms with Gasteiger partial charge in [-0.3, -0.25) is 14.3 Å². The summed E-state index contributed by atoms with van der Waals surface area (Å²) in [6, 6.07) is 9.11. The van der Waals surface area contributed by atoms with Gasteiger partial charge in [0, 0.05) is 0 Å². The molecule has 7 N–H and O–H groups in total. The molecule has 2 fully saturated rings. The van der Waals surface area contributed by atoms with Gasteiger partial charge in [-0.05, 0) is 63.5 Å². The van der Waals surface area contributed by atoms with Crippen molar-refractivity contribution in [3.8, 4) is 5.75 Å². The number of para-hydroxylation sites is 1. The molecule has 0 bridgehead atoms. The van der Waals surface area contributed by atoms with E-state index in [0.29, 0.717) is 11.4 Å². The molecule has 2 aliphatic rings. The van der Waals surface area contributed by atoms with Crippen molar-refractivity contribution in [2.45, 2.75) is 76.1 Å². The lowest BCUT2D eigenvalue weighted by Gasteiger charge is -2.27. The molecule has 0 spiro atoms. The highest BCUT2D eigenvalue weighted by molar-refractivity contribution is 8.08. The minimum atomic E-state index is -3.71. The Morgan fingerprint density at radius 2 is 2.02 bits per heavy atom. The molecule has 5 atom stereocenters. The van der Waals surface area contributed by atoms with Crippen LogP contribution in [0.15, 0.2) is 53.1 Å². The highest BCUT2D eigenvalue weighted by Crippen LogP contribution is 2.44. The maximum Gasteiger partial charge on any atom is 0.305 e. The molecule has 1 saturated carbocycles. The van der Waals surface area contributed by atoms with Crippen LogP contribution >= 0.6 is 6.64 Å². The molecule has 1 aliphatic heterocycles. The van der Waals surface area contributed by atoms with Crippen LogP contribution < -0.4 is 21.1 Å². The number of rotatable bonds is 10. The Labute approximate surface area is 246 Å². The molecule has 42 heavy (non-hydrogen) atoms. The van der Waals surface area contributed by atoms with Crippen LogP contribution in [0.25, 0.3) is 11.2 Å².